The second kappa shape index (κ2) is 5.39. The van der Waals surface area contributed by atoms with Crippen LogP contribution in [0.1, 0.15) is 5.56 Å². The number of aromatic nitrogens is 3. The summed E-state index contributed by atoms with van der Waals surface area (Å²) in [7, 11) is -2.31. The van der Waals surface area contributed by atoms with Crippen LogP contribution in [0.3, 0.4) is 0 Å². The molecular weight excluding hydrogens is 304 g/mol. The number of hydrogen-bond donors (Lipinski definition) is 1. The molecule has 8 heteroatoms. The van der Waals surface area contributed by atoms with Crippen molar-refractivity contribution in [3.05, 3.63) is 48.2 Å². The fraction of sp³-hybridized carbons (Fsp3) is 0.143. The molecule has 2 heterocycles. The van der Waals surface area contributed by atoms with Gasteiger partial charge in [-0.15, -0.1) is 0 Å². The molecule has 7 nitrogen and oxygen atoms in total. The van der Waals surface area contributed by atoms with Gasteiger partial charge in [-0.2, -0.15) is 5.10 Å². The lowest BCUT2D eigenvalue weighted by atomic mass is 10.2. The third-order valence-corrected chi connectivity index (χ3v) is 4.07. The van der Waals surface area contributed by atoms with E-state index in [9.17, 15) is 8.42 Å². The molecule has 2 aromatic heterocycles. The third-order valence-electron chi connectivity index (χ3n) is 3.23. The van der Waals surface area contributed by atoms with Gasteiger partial charge in [-0.05, 0) is 29.8 Å². The van der Waals surface area contributed by atoms with Gasteiger partial charge in [0.25, 0.3) is 10.0 Å². The lowest BCUT2D eigenvalue weighted by Crippen LogP contribution is -2.14. The number of ether oxygens (including phenoxy) is 1. The number of fused-ring (bicyclic) bond motifs is 1. The molecule has 1 aromatic carbocycles. The van der Waals surface area contributed by atoms with E-state index in [0.717, 1.165) is 11.3 Å². The van der Waals surface area contributed by atoms with E-state index in [0.29, 0.717) is 17.6 Å². The van der Waals surface area contributed by atoms with Gasteiger partial charge >= 0.3 is 0 Å². The predicted octanol–water partition coefficient (Wildman–Crippen LogP) is 1.14. The number of nitrogens with two attached hydrogens (primary N) is 1. The summed E-state index contributed by atoms with van der Waals surface area (Å²) < 4.78 is 29.9. The van der Waals surface area contributed by atoms with E-state index in [-0.39, 0.29) is 5.03 Å². The molecule has 0 fully saturated rings. The average Bonchev–Trinajstić information content (AvgIpc) is 2.87. The first kappa shape index (κ1) is 14.5. The van der Waals surface area contributed by atoms with Crippen LogP contribution in [0, 0.1) is 0 Å². The van der Waals surface area contributed by atoms with Gasteiger partial charge in [0.2, 0.25) is 5.03 Å². The van der Waals surface area contributed by atoms with Crippen LogP contribution >= 0.6 is 0 Å². The Balaban J connectivity index is 2.07. The minimum atomic E-state index is -3.90. The number of pyridine rings is 1. The van der Waals surface area contributed by atoms with Crippen molar-refractivity contribution in [2.75, 3.05) is 7.11 Å². The van der Waals surface area contributed by atoms with Gasteiger partial charge in [0, 0.05) is 6.20 Å². The van der Waals surface area contributed by atoms with Crippen molar-refractivity contribution in [2.24, 2.45) is 5.14 Å². The zero-order valence-corrected chi connectivity index (χ0v) is 12.6. The summed E-state index contributed by atoms with van der Waals surface area (Å²) >= 11 is 0. The van der Waals surface area contributed by atoms with Gasteiger partial charge in [0.15, 0.2) is 5.65 Å². The zero-order valence-electron chi connectivity index (χ0n) is 11.8. The number of hydrogen-bond acceptors (Lipinski definition) is 5. The Morgan fingerprint density at radius 3 is 2.59 bits per heavy atom. The largest absolute Gasteiger partial charge is 0.497 e. The molecule has 0 spiro atoms. The minimum absolute atomic E-state index is 0.163. The molecule has 22 heavy (non-hydrogen) atoms. The van der Waals surface area contributed by atoms with Crippen molar-refractivity contribution >= 4 is 21.1 Å². The molecule has 0 aliphatic heterocycles. The van der Waals surface area contributed by atoms with Crippen molar-refractivity contribution in [3.63, 3.8) is 0 Å². The van der Waals surface area contributed by atoms with Gasteiger partial charge < -0.3 is 4.74 Å². The Morgan fingerprint density at radius 2 is 1.95 bits per heavy atom. The molecule has 0 atom stereocenters. The Kier molecular flexibility index (Phi) is 3.55. The van der Waals surface area contributed by atoms with Crippen molar-refractivity contribution < 1.29 is 13.2 Å². The molecule has 3 aromatic rings. The Labute approximate surface area is 127 Å². The molecule has 114 valence electrons. The maximum Gasteiger partial charge on any atom is 0.258 e. The summed E-state index contributed by atoms with van der Waals surface area (Å²) in [6.07, 6.45) is 1.58. The molecule has 0 amide bonds. The fourth-order valence-corrected chi connectivity index (χ4v) is 2.88. The van der Waals surface area contributed by atoms with Crippen LogP contribution < -0.4 is 9.88 Å². The highest BCUT2D eigenvalue weighted by atomic mass is 32.2. The van der Waals surface area contributed by atoms with E-state index in [2.05, 4.69) is 10.1 Å². The molecule has 3 rings (SSSR count). The zero-order chi connectivity index (χ0) is 15.7. The van der Waals surface area contributed by atoms with E-state index < -0.39 is 10.0 Å². The number of primary sulfonamides is 1. The van der Waals surface area contributed by atoms with E-state index >= 15 is 0 Å². The Bertz CT molecular complexity index is 917. The lowest BCUT2D eigenvalue weighted by molar-refractivity contribution is 0.414. The average molecular weight is 318 g/mol. The third kappa shape index (κ3) is 2.66. The van der Waals surface area contributed by atoms with Crippen molar-refractivity contribution in [2.45, 2.75) is 11.6 Å². The molecule has 0 unspecified atom stereocenters. The van der Waals surface area contributed by atoms with E-state index in [1.807, 2.05) is 24.3 Å². The molecular formula is C14H14N4O3S. The molecule has 2 N–H and O–H groups in total. The Hall–Kier alpha value is -2.45. The Morgan fingerprint density at radius 1 is 1.23 bits per heavy atom. The second-order valence-electron chi connectivity index (χ2n) is 4.73. The number of benzene rings is 1. The standard InChI is InChI=1S/C14H14N4O3S/c1-21-11-6-4-10(5-7-11)9-18-13-12(3-2-8-16-13)14(17-18)22(15,19)20/h2-8H,9H2,1H3,(H2,15,19,20). The highest BCUT2D eigenvalue weighted by molar-refractivity contribution is 7.89. The maximum absolute atomic E-state index is 11.7. The lowest BCUT2D eigenvalue weighted by Gasteiger charge is -2.04. The number of methoxy groups -OCH3 is 1. The van der Waals surface area contributed by atoms with Crippen LogP contribution in [0.5, 0.6) is 5.75 Å². The molecule has 0 bridgehead atoms. The maximum atomic E-state index is 11.7. The van der Waals surface area contributed by atoms with Gasteiger partial charge in [-0.1, -0.05) is 12.1 Å². The monoisotopic (exact) mass is 318 g/mol. The van der Waals surface area contributed by atoms with Crippen molar-refractivity contribution in [1.82, 2.24) is 14.8 Å². The first-order valence-electron chi connectivity index (χ1n) is 6.46. The number of rotatable bonds is 4. The number of sulfonamides is 1. The number of nitrogens with zero attached hydrogens (tertiary/aromatic N) is 3. The van der Waals surface area contributed by atoms with Crippen LogP contribution in [0.15, 0.2) is 47.6 Å². The highest BCUT2D eigenvalue weighted by Crippen LogP contribution is 2.21. The normalized spacial score (nSPS) is 11.7. The molecule has 0 aliphatic rings. The van der Waals surface area contributed by atoms with Crippen molar-refractivity contribution in [1.29, 1.82) is 0 Å². The van der Waals surface area contributed by atoms with Crippen LogP contribution in [0.4, 0.5) is 0 Å². The van der Waals surface area contributed by atoms with Gasteiger partial charge in [0.05, 0.1) is 19.0 Å². The SMILES string of the molecule is COc1ccc(Cn2nc(S(N)(=O)=O)c3cccnc32)cc1. The summed E-state index contributed by atoms with van der Waals surface area (Å²) in [5.74, 6) is 0.748. The van der Waals surface area contributed by atoms with E-state index in [1.165, 1.54) is 4.68 Å². The van der Waals surface area contributed by atoms with Gasteiger partial charge in [0.1, 0.15) is 5.75 Å². The first-order valence-corrected chi connectivity index (χ1v) is 8.01. The predicted molar refractivity (Wildman–Crippen MR) is 81.0 cm³/mol. The molecule has 0 saturated carbocycles. The summed E-state index contributed by atoms with van der Waals surface area (Å²) in [4.78, 5) is 4.20. The topological polar surface area (TPSA) is 100 Å². The summed E-state index contributed by atoms with van der Waals surface area (Å²) in [6, 6.07) is 10.7. The van der Waals surface area contributed by atoms with Crippen LogP contribution in [-0.2, 0) is 16.6 Å². The molecule has 0 saturated heterocycles. The van der Waals surface area contributed by atoms with E-state index in [4.69, 9.17) is 9.88 Å². The van der Waals surface area contributed by atoms with Crippen molar-refractivity contribution in [3.8, 4) is 5.75 Å². The quantitative estimate of drug-likeness (QED) is 0.777. The first-order chi connectivity index (χ1) is 10.5. The van der Waals surface area contributed by atoms with Crippen LogP contribution in [0.2, 0.25) is 0 Å². The summed E-state index contributed by atoms with van der Waals surface area (Å²) in [6.45, 7) is 0.382. The van der Waals surface area contributed by atoms with E-state index in [1.54, 1.807) is 25.4 Å². The van der Waals surface area contributed by atoms with Gasteiger partial charge in [-0.25, -0.2) is 23.2 Å². The fourth-order valence-electron chi connectivity index (χ4n) is 2.20. The van der Waals surface area contributed by atoms with Crippen LogP contribution in [0.25, 0.3) is 11.0 Å². The smallest absolute Gasteiger partial charge is 0.258 e. The summed E-state index contributed by atoms with van der Waals surface area (Å²) in [5.41, 5.74) is 1.42. The highest BCUT2D eigenvalue weighted by Gasteiger charge is 2.20. The molecule has 0 aliphatic carbocycles. The molecule has 0 radical (unpaired) electrons. The summed E-state index contributed by atoms with van der Waals surface area (Å²) in [5, 5.41) is 9.58. The second-order valence-corrected chi connectivity index (χ2v) is 6.21. The minimum Gasteiger partial charge on any atom is -0.497 e. The van der Waals surface area contributed by atoms with Crippen LogP contribution in [-0.4, -0.2) is 30.3 Å². The van der Waals surface area contributed by atoms with Gasteiger partial charge in [-0.3, -0.25) is 0 Å².